The van der Waals surface area contributed by atoms with Crippen molar-refractivity contribution in [2.24, 2.45) is 0 Å². The minimum atomic E-state index is -3.13. The molecule has 0 unspecified atom stereocenters. The van der Waals surface area contributed by atoms with Gasteiger partial charge >= 0.3 is 0 Å². The number of rotatable bonds is 6. The van der Waals surface area contributed by atoms with Crippen LogP contribution in [0.2, 0.25) is 0 Å². The molecule has 3 heteroatoms. The molecule has 8 rings (SSSR count). The molecule has 234 valence electrons. The lowest BCUT2D eigenvalue weighted by Crippen LogP contribution is -2.24. The van der Waals surface area contributed by atoms with Crippen molar-refractivity contribution in [2.45, 2.75) is 6.92 Å². The Bertz CT molecular complexity index is 2340. The van der Waals surface area contributed by atoms with Crippen LogP contribution in [0.1, 0.15) is 16.7 Å². The average molecular weight is 648 g/mol. The quantitative estimate of drug-likeness (QED) is 0.168. The van der Waals surface area contributed by atoms with Crippen LogP contribution in [0.3, 0.4) is 0 Å². The lowest BCUT2D eigenvalue weighted by atomic mass is 9.84. The van der Waals surface area contributed by atoms with Gasteiger partial charge in [0.25, 0.3) is 0 Å². The van der Waals surface area contributed by atoms with Gasteiger partial charge in [0.2, 0.25) is 0 Å². The number of allylic oxidation sites excluding steroid dienone is 2. The molecular formula is C46H34NOP. The predicted molar refractivity (Wildman–Crippen MR) is 208 cm³/mol. The number of nitrogens with zero attached hydrogens (tertiary/aromatic N) is 1. The van der Waals surface area contributed by atoms with Crippen LogP contribution >= 0.6 is 7.14 Å². The van der Waals surface area contributed by atoms with E-state index < -0.39 is 7.14 Å². The Balaban J connectivity index is 1.42. The molecule has 49 heavy (non-hydrogen) atoms. The van der Waals surface area contributed by atoms with Gasteiger partial charge in [0.05, 0.1) is 11.4 Å². The normalized spacial score (nSPS) is 13.4. The van der Waals surface area contributed by atoms with Gasteiger partial charge in [-0.15, -0.1) is 0 Å². The minimum absolute atomic E-state index is 0.790. The first-order chi connectivity index (χ1) is 24.1. The Hall–Kier alpha value is -5.82. The molecule has 1 aliphatic carbocycles. The van der Waals surface area contributed by atoms with Crippen molar-refractivity contribution in [3.8, 4) is 44.8 Å². The summed E-state index contributed by atoms with van der Waals surface area (Å²) in [5.74, 6) is 0. The highest BCUT2D eigenvalue weighted by atomic mass is 31.2. The third-order valence-electron chi connectivity index (χ3n) is 9.38. The molecular weight excluding hydrogens is 613 g/mol. The Morgan fingerprint density at radius 2 is 0.939 bits per heavy atom. The molecule has 0 saturated carbocycles. The maximum Gasteiger partial charge on any atom is 0.171 e. The average Bonchev–Trinajstić information content (AvgIpc) is 3.20. The Morgan fingerprint density at radius 1 is 0.449 bits per heavy atom. The second kappa shape index (κ2) is 13.0. The van der Waals surface area contributed by atoms with Crippen LogP contribution in [0.4, 0.5) is 0 Å². The van der Waals surface area contributed by atoms with Gasteiger partial charge in [-0.3, -0.25) is 0 Å². The van der Waals surface area contributed by atoms with Crippen molar-refractivity contribution < 1.29 is 4.57 Å². The summed E-state index contributed by atoms with van der Waals surface area (Å²) in [5.41, 5.74) is 11.8. The van der Waals surface area contributed by atoms with Gasteiger partial charge in [-0.2, -0.15) is 0 Å². The van der Waals surface area contributed by atoms with E-state index in [2.05, 4.69) is 116 Å². The molecule has 0 fully saturated rings. The molecule has 0 radical (unpaired) electrons. The van der Waals surface area contributed by atoms with Gasteiger partial charge in [-0.05, 0) is 34.7 Å². The Morgan fingerprint density at radius 3 is 1.55 bits per heavy atom. The van der Waals surface area contributed by atoms with Crippen molar-refractivity contribution >= 4 is 35.2 Å². The number of pyridine rings is 1. The summed E-state index contributed by atoms with van der Waals surface area (Å²) in [5, 5.41) is 2.42. The molecule has 0 aliphatic heterocycles. The molecule has 7 aromatic rings. The molecule has 1 heterocycles. The van der Waals surface area contributed by atoms with Gasteiger partial charge in [0.15, 0.2) is 7.14 Å². The van der Waals surface area contributed by atoms with Crippen molar-refractivity contribution in [3.05, 3.63) is 193 Å². The SMILES string of the molecule is Cc1c2cccc1-c1c(-c3ccccc3)nc(-c3ccc(P(=O)(c4ccccc4)c4ccccc4)cc3)c(-c3ccccc3)c1/C=C/C=C\2. The first-order valence-electron chi connectivity index (χ1n) is 16.6. The van der Waals surface area contributed by atoms with Gasteiger partial charge in [-0.25, -0.2) is 4.98 Å². The van der Waals surface area contributed by atoms with Crippen molar-refractivity contribution in [3.63, 3.8) is 0 Å². The molecule has 0 N–H and O–H groups in total. The number of fused-ring (bicyclic) bond motifs is 4. The monoisotopic (exact) mass is 647 g/mol. The number of aromatic nitrogens is 1. The first-order valence-corrected chi connectivity index (χ1v) is 18.3. The van der Waals surface area contributed by atoms with Crippen LogP contribution in [0.25, 0.3) is 56.9 Å². The van der Waals surface area contributed by atoms with Crippen molar-refractivity contribution in [2.75, 3.05) is 0 Å². The van der Waals surface area contributed by atoms with Gasteiger partial charge in [-0.1, -0.05) is 188 Å². The number of hydrogen-bond acceptors (Lipinski definition) is 2. The van der Waals surface area contributed by atoms with E-state index in [1.807, 2.05) is 78.9 Å². The molecule has 6 aromatic carbocycles. The third kappa shape index (κ3) is 5.51. The van der Waals surface area contributed by atoms with E-state index in [9.17, 15) is 0 Å². The highest BCUT2D eigenvalue weighted by molar-refractivity contribution is 7.85. The zero-order chi connectivity index (χ0) is 33.2. The van der Waals surface area contributed by atoms with Crippen LogP contribution in [-0.2, 0) is 4.57 Å². The zero-order valence-electron chi connectivity index (χ0n) is 27.2. The summed E-state index contributed by atoms with van der Waals surface area (Å²) in [7, 11) is -3.13. The van der Waals surface area contributed by atoms with Crippen LogP contribution in [-0.4, -0.2) is 4.98 Å². The van der Waals surface area contributed by atoms with E-state index in [-0.39, 0.29) is 0 Å². The summed E-state index contributed by atoms with van der Waals surface area (Å²) in [4.78, 5) is 5.58. The summed E-state index contributed by atoms with van der Waals surface area (Å²) < 4.78 is 15.2. The zero-order valence-corrected chi connectivity index (χ0v) is 28.1. The third-order valence-corrected chi connectivity index (χ3v) is 12.5. The topological polar surface area (TPSA) is 30.0 Å². The standard InChI is InChI=1S/C46H34NOP/c1-33-34-17-14-15-27-42-43(35-18-6-2-7-19-35)45(47-46(36-20-8-3-9-21-36)44(42)41(33)28-16-22-34)37-29-31-40(32-30-37)49(48,38-23-10-4-11-24-38)39-25-12-5-13-26-39/h2-32H,1H3/b17-14-,27-15+. The Labute approximate surface area is 288 Å². The molecule has 2 nitrogen and oxygen atoms in total. The van der Waals surface area contributed by atoms with Crippen LogP contribution < -0.4 is 15.9 Å². The smallest absolute Gasteiger partial charge is 0.171 e. The van der Waals surface area contributed by atoms with Crippen LogP contribution in [0, 0.1) is 6.92 Å². The molecule has 1 aromatic heterocycles. The van der Waals surface area contributed by atoms with E-state index in [1.165, 1.54) is 16.7 Å². The van der Waals surface area contributed by atoms with Gasteiger partial charge in [0, 0.05) is 38.2 Å². The van der Waals surface area contributed by atoms with Crippen molar-refractivity contribution in [1.29, 1.82) is 0 Å². The minimum Gasteiger partial charge on any atom is -0.309 e. The van der Waals surface area contributed by atoms with E-state index >= 15 is 4.57 Å². The van der Waals surface area contributed by atoms with Crippen LogP contribution in [0.15, 0.2) is 176 Å². The predicted octanol–water partition coefficient (Wildman–Crippen LogP) is 10.7. The molecule has 0 saturated heterocycles. The van der Waals surface area contributed by atoms with Crippen LogP contribution in [0.5, 0.6) is 0 Å². The van der Waals surface area contributed by atoms with Gasteiger partial charge < -0.3 is 4.57 Å². The van der Waals surface area contributed by atoms with Crippen molar-refractivity contribution in [1.82, 2.24) is 4.98 Å². The second-order valence-electron chi connectivity index (χ2n) is 12.3. The maximum atomic E-state index is 15.2. The fourth-order valence-electron chi connectivity index (χ4n) is 6.92. The summed E-state index contributed by atoms with van der Waals surface area (Å²) in [6.45, 7) is 2.20. The lowest BCUT2D eigenvalue weighted by molar-refractivity contribution is 0.592. The second-order valence-corrected chi connectivity index (χ2v) is 15.0. The highest BCUT2D eigenvalue weighted by Gasteiger charge is 2.30. The number of benzene rings is 6. The highest BCUT2D eigenvalue weighted by Crippen LogP contribution is 2.47. The fraction of sp³-hybridized carbons (Fsp3) is 0.0217. The molecule has 0 atom stereocenters. The molecule has 0 spiro atoms. The van der Waals surface area contributed by atoms with E-state index in [0.717, 1.165) is 60.7 Å². The van der Waals surface area contributed by atoms with E-state index in [1.54, 1.807) is 0 Å². The van der Waals surface area contributed by atoms with E-state index in [4.69, 9.17) is 4.98 Å². The molecule has 2 bridgehead atoms. The summed E-state index contributed by atoms with van der Waals surface area (Å²) in [6, 6.07) is 55.4. The number of hydrogen-bond donors (Lipinski definition) is 0. The summed E-state index contributed by atoms with van der Waals surface area (Å²) in [6.07, 6.45) is 8.67. The van der Waals surface area contributed by atoms with E-state index in [0.29, 0.717) is 0 Å². The molecule has 1 aliphatic rings. The lowest BCUT2D eigenvalue weighted by Gasteiger charge is -2.23. The molecule has 0 amide bonds. The first kappa shape index (κ1) is 30.5. The maximum absolute atomic E-state index is 15.2. The fourth-order valence-corrected chi connectivity index (χ4v) is 9.57. The largest absolute Gasteiger partial charge is 0.309 e. The Kier molecular flexibility index (Phi) is 8.09. The summed E-state index contributed by atoms with van der Waals surface area (Å²) >= 11 is 0. The van der Waals surface area contributed by atoms with Gasteiger partial charge in [0.1, 0.15) is 0 Å².